The van der Waals surface area contributed by atoms with Gasteiger partial charge >= 0.3 is 7.12 Å². The molecule has 0 radical (unpaired) electrons. The number of hydrogen-bond acceptors (Lipinski definition) is 4. The highest BCUT2D eigenvalue weighted by atomic mass is 19.1. The molecule has 0 aliphatic carbocycles. The van der Waals surface area contributed by atoms with Crippen molar-refractivity contribution in [3.63, 3.8) is 0 Å². The molecule has 7 heteroatoms. The van der Waals surface area contributed by atoms with Crippen molar-refractivity contribution in [3.8, 4) is 0 Å². The maximum absolute atomic E-state index is 14.3. The van der Waals surface area contributed by atoms with Gasteiger partial charge in [-0.05, 0) is 57.9 Å². The maximum atomic E-state index is 14.3. The monoisotopic (exact) mass is 384 g/mol. The third-order valence-electron chi connectivity index (χ3n) is 6.02. The Hall–Kier alpha value is -2.12. The zero-order valence-electron chi connectivity index (χ0n) is 16.4. The van der Waals surface area contributed by atoms with E-state index in [0.717, 1.165) is 5.56 Å². The Bertz CT molecular complexity index is 879. The van der Waals surface area contributed by atoms with Crippen LogP contribution in [0.2, 0.25) is 0 Å². The van der Waals surface area contributed by atoms with Crippen molar-refractivity contribution in [3.05, 3.63) is 59.3 Å². The van der Waals surface area contributed by atoms with Crippen molar-refractivity contribution >= 4 is 18.9 Å². The van der Waals surface area contributed by atoms with Crippen molar-refractivity contribution in [2.24, 2.45) is 4.99 Å². The molecule has 2 atom stereocenters. The minimum absolute atomic E-state index is 0.0834. The van der Waals surface area contributed by atoms with E-state index >= 15 is 0 Å². The fourth-order valence-electron chi connectivity index (χ4n) is 3.67. The molecule has 4 nitrogen and oxygen atoms in total. The Balaban J connectivity index is 1.58. The molecule has 2 aliphatic rings. The lowest BCUT2D eigenvalue weighted by Gasteiger charge is -2.32. The number of hydrogen-bond donors (Lipinski definition) is 0. The molecule has 1 aromatic heterocycles. The molecule has 1 fully saturated rings. The Kier molecular flexibility index (Phi) is 4.63. The van der Waals surface area contributed by atoms with Gasteiger partial charge in [0.05, 0.1) is 22.8 Å². The minimum atomic E-state index is -0.550. The molecule has 0 N–H and O–H groups in total. The SMILES string of the molecule is CC1(C)OB(c2ccc(C3N=CC[C@H]3c3c(F)cccc3F)cn2)OC1(C)C. The molecule has 1 unspecified atom stereocenters. The zero-order chi connectivity index (χ0) is 20.1. The highest BCUT2D eigenvalue weighted by Gasteiger charge is 2.52. The fraction of sp³-hybridized carbons (Fsp3) is 0.429. The van der Waals surface area contributed by atoms with Crippen LogP contribution in [0.4, 0.5) is 8.78 Å². The van der Waals surface area contributed by atoms with Gasteiger partial charge in [-0.15, -0.1) is 0 Å². The number of benzene rings is 1. The Morgan fingerprint density at radius 2 is 1.64 bits per heavy atom. The molecule has 146 valence electrons. The summed E-state index contributed by atoms with van der Waals surface area (Å²) in [4.78, 5) is 8.96. The van der Waals surface area contributed by atoms with Crippen LogP contribution >= 0.6 is 0 Å². The molecule has 2 aromatic rings. The van der Waals surface area contributed by atoms with Gasteiger partial charge in [0.25, 0.3) is 0 Å². The van der Waals surface area contributed by atoms with E-state index in [0.29, 0.717) is 12.0 Å². The van der Waals surface area contributed by atoms with Crippen molar-refractivity contribution in [1.29, 1.82) is 0 Å². The second kappa shape index (κ2) is 6.74. The van der Waals surface area contributed by atoms with Crippen LogP contribution < -0.4 is 5.59 Å². The van der Waals surface area contributed by atoms with E-state index in [1.165, 1.54) is 18.2 Å². The molecule has 0 spiro atoms. The zero-order valence-corrected chi connectivity index (χ0v) is 16.4. The van der Waals surface area contributed by atoms with Crippen LogP contribution in [0.25, 0.3) is 0 Å². The van der Waals surface area contributed by atoms with Crippen molar-refractivity contribution in [1.82, 2.24) is 4.98 Å². The van der Waals surface area contributed by atoms with Gasteiger partial charge in [-0.25, -0.2) is 8.78 Å². The molecule has 0 amide bonds. The second-order valence-electron chi connectivity index (χ2n) is 8.36. The molecule has 1 saturated heterocycles. The summed E-state index contributed by atoms with van der Waals surface area (Å²) in [5, 5.41) is 0. The molecule has 2 aliphatic heterocycles. The van der Waals surface area contributed by atoms with Crippen molar-refractivity contribution in [2.45, 2.75) is 57.3 Å². The van der Waals surface area contributed by atoms with E-state index in [1.54, 1.807) is 12.4 Å². The van der Waals surface area contributed by atoms with E-state index in [9.17, 15) is 8.78 Å². The number of aromatic nitrogens is 1. The van der Waals surface area contributed by atoms with Gasteiger partial charge in [-0.3, -0.25) is 9.98 Å². The fourth-order valence-corrected chi connectivity index (χ4v) is 3.67. The van der Waals surface area contributed by atoms with Gasteiger partial charge in [0, 0.05) is 23.9 Å². The summed E-state index contributed by atoms with van der Waals surface area (Å²) >= 11 is 0. The first-order chi connectivity index (χ1) is 13.2. The first kappa shape index (κ1) is 19.2. The van der Waals surface area contributed by atoms with Gasteiger partial charge in [0.2, 0.25) is 0 Å². The number of halogens is 2. The van der Waals surface area contributed by atoms with Crippen molar-refractivity contribution < 1.29 is 18.1 Å². The van der Waals surface area contributed by atoms with E-state index in [4.69, 9.17) is 9.31 Å². The second-order valence-corrected chi connectivity index (χ2v) is 8.36. The van der Waals surface area contributed by atoms with Gasteiger partial charge < -0.3 is 9.31 Å². The molecule has 4 rings (SSSR count). The third-order valence-corrected chi connectivity index (χ3v) is 6.02. The summed E-state index contributed by atoms with van der Waals surface area (Å²) in [7, 11) is -0.550. The predicted octanol–water partition coefficient (Wildman–Crippen LogP) is 3.96. The van der Waals surface area contributed by atoms with E-state index < -0.39 is 30.0 Å². The highest BCUT2D eigenvalue weighted by Crippen LogP contribution is 2.41. The standard InChI is InChI=1S/C21H23BF2N2O2/c1-20(2)21(3,4)28-22(27-20)17-9-8-13(12-26-17)19-14(10-11-25-19)18-15(23)6-5-7-16(18)24/h5-9,11-12,14,19H,10H2,1-4H3/t14-,19?/m0/s1. The van der Waals surface area contributed by atoms with E-state index in [2.05, 4.69) is 9.98 Å². The highest BCUT2D eigenvalue weighted by molar-refractivity contribution is 6.61. The largest absolute Gasteiger partial charge is 0.514 e. The normalized spacial score (nSPS) is 25.4. The number of nitrogens with zero attached hydrogens (tertiary/aromatic N) is 2. The molecule has 0 saturated carbocycles. The van der Waals surface area contributed by atoms with Gasteiger partial charge in [0.15, 0.2) is 0 Å². The molecule has 1 aromatic carbocycles. The summed E-state index contributed by atoms with van der Waals surface area (Å²) in [5.41, 5.74) is 0.669. The number of aliphatic imine (C=N–C) groups is 1. The number of rotatable bonds is 3. The van der Waals surface area contributed by atoms with Crippen LogP contribution in [-0.2, 0) is 9.31 Å². The predicted molar refractivity (Wildman–Crippen MR) is 105 cm³/mol. The Labute approximate surface area is 164 Å². The lowest BCUT2D eigenvalue weighted by atomic mass is 9.82. The smallest absolute Gasteiger partial charge is 0.398 e. The molecule has 28 heavy (non-hydrogen) atoms. The first-order valence-electron chi connectivity index (χ1n) is 9.47. The van der Waals surface area contributed by atoms with E-state index in [1.807, 2.05) is 39.8 Å². The molecular weight excluding hydrogens is 361 g/mol. The summed E-state index contributed by atoms with van der Waals surface area (Å²) in [6.07, 6.45) is 3.91. The van der Waals surface area contributed by atoms with Crippen LogP contribution in [0.15, 0.2) is 41.5 Å². The van der Waals surface area contributed by atoms with Gasteiger partial charge in [0.1, 0.15) is 11.6 Å². The van der Waals surface area contributed by atoms with Crippen LogP contribution in [-0.4, -0.2) is 29.5 Å². The number of pyridine rings is 1. The average molecular weight is 384 g/mol. The quantitative estimate of drug-likeness (QED) is 0.753. The summed E-state index contributed by atoms with van der Waals surface area (Å²) in [6, 6.07) is 7.29. The summed E-state index contributed by atoms with van der Waals surface area (Å²) in [5.74, 6) is -1.46. The molecular formula is C21H23BF2N2O2. The lowest BCUT2D eigenvalue weighted by Crippen LogP contribution is -2.41. The Morgan fingerprint density at radius 3 is 2.21 bits per heavy atom. The van der Waals surface area contributed by atoms with Crippen LogP contribution in [0.5, 0.6) is 0 Å². The minimum Gasteiger partial charge on any atom is -0.398 e. The molecule has 0 bridgehead atoms. The average Bonchev–Trinajstić information content (AvgIpc) is 3.17. The van der Waals surface area contributed by atoms with Crippen LogP contribution in [0.1, 0.15) is 57.2 Å². The maximum Gasteiger partial charge on any atom is 0.514 e. The van der Waals surface area contributed by atoms with Crippen molar-refractivity contribution in [2.75, 3.05) is 0 Å². The van der Waals surface area contributed by atoms with Crippen LogP contribution in [0.3, 0.4) is 0 Å². The summed E-state index contributed by atoms with van der Waals surface area (Å²) < 4.78 is 40.6. The van der Waals surface area contributed by atoms with Gasteiger partial charge in [-0.2, -0.15) is 0 Å². The first-order valence-corrected chi connectivity index (χ1v) is 9.47. The third kappa shape index (κ3) is 3.16. The Morgan fingerprint density at radius 1 is 1.00 bits per heavy atom. The van der Waals surface area contributed by atoms with E-state index in [-0.39, 0.29) is 17.5 Å². The lowest BCUT2D eigenvalue weighted by molar-refractivity contribution is 0.00578. The molecule has 3 heterocycles. The van der Waals surface area contributed by atoms with Gasteiger partial charge in [-0.1, -0.05) is 12.1 Å². The van der Waals surface area contributed by atoms with Crippen LogP contribution in [0, 0.1) is 11.6 Å². The summed E-state index contributed by atoms with van der Waals surface area (Å²) in [6.45, 7) is 7.95. The topological polar surface area (TPSA) is 43.7 Å².